The van der Waals surface area contributed by atoms with Crippen LogP contribution in [0.25, 0.3) is 0 Å². The predicted octanol–water partition coefficient (Wildman–Crippen LogP) is 1.70. The molecule has 0 bridgehead atoms. The molecule has 2 aliphatic heterocycles. The van der Waals surface area contributed by atoms with Gasteiger partial charge in [-0.05, 0) is 30.3 Å². The molecule has 1 saturated heterocycles. The van der Waals surface area contributed by atoms with Crippen molar-refractivity contribution in [1.82, 2.24) is 9.88 Å². The van der Waals surface area contributed by atoms with E-state index in [-0.39, 0.29) is 35.6 Å². The van der Waals surface area contributed by atoms with E-state index in [1.807, 2.05) is 0 Å². The van der Waals surface area contributed by atoms with E-state index in [1.54, 1.807) is 18.2 Å². The van der Waals surface area contributed by atoms with Gasteiger partial charge in [-0.25, -0.2) is 9.78 Å². The molecule has 4 rings (SSSR count). The van der Waals surface area contributed by atoms with Crippen LogP contribution in [0.3, 0.4) is 0 Å². The van der Waals surface area contributed by atoms with Gasteiger partial charge < -0.3 is 14.2 Å². The Morgan fingerprint density at radius 1 is 1.23 bits per heavy atom. The first-order chi connectivity index (χ1) is 14.4. The van der Waals surface area contributed by atoms with Crippen molar-refractivity contribution in [3.8, 4) is 11.5 Å². The van der Waals surface area contributed by atoms with Gasteiger partial charge in [0.1, 0.15) is 5.03 Å². The first kappa shape index (κ1) is 19.9. The summed E-state index contributed by atoms with van der Waals surface area (Å²) in [5.74, 6) is -0.771. The molecule has 30 heavy (non-hydrogen) atoms. The highest BCUT2D eigenvalue weighted by Crippen LogP contribution is 2.33. The lowest BCUT2D eigenvalue weighted by atomic mass is 10.1. The number of Topliss-reactive ketones (excluding diaryl/α,β-unsaturated/α-hetero) is 1. The van der Waals surface area contributed by atoms with E-state index in [2.05, 4.69) is 4.98 Å². The molecule has 0 spiro atoms. The summed E-state index contributed by atoms with van der Waals surface area (Å²) in [6.45, 7) is -0.380. The Kier molecular flexibility index (Phi) is 5.40. The molecule has 2 aliphatic rings. The van der Waals surface area contributed by atoms with Gasteiger partial charge in [0, 0.05) is 25.2 Å². The van der Waals surface area contributed by atoms with E-state index in [1.165, 1.54) is 25.4 Å². The number of aromatic nitrogens is 1. The molecule has 10 heteroatoms. The Morgan fingerprint density at radius 2 is 2.03 bits per heavy atom. The third kappa shape index (κ3) is 3.86. The second-order valence-corrected chi connectivity index (χ2v) is 7.72. The van der Waals surface area contributed by atoms with E-state index in [0.29, 0.717) is 17.1 Å². The predicted molar refractivity (Wildman–Crippen MR) is 103 cm³/mol. The van der Waals surface area contributed by atoms with Crippen LogP contribution in [0, 0.1) is 0 Å². The van der Waals surface area contributed by atoms with E-state index in [4.69, 9.17) is 14.2 Å². The minimum Gasteiger partial charge on any atom is -0.454 e. The average Bonchev–Trinajstić information content (AvgIpc) is 3.32. The van der Waals surface area contributed by atoms with Gasteiger partial charge >= 0.3 is 5.97 Å². The Morgan fingerprint density at radius 3 is 2.80 bits per heavy atom. The van der Waals surface area contributed by atoms with Gasteiger partial charge in [-0.2, -0.15) is 0 Å². The molecule has 2 amide bonds. The van der Waals surface area contributed by atoms with Gasteiger partial charge in [-0.15, -0.1) is 0 Å². The minimum absolute atomic E-state index is 0.0354. The summed E-state index contributed by atoms with van der Waals surface area (Å²) in [4.78, 5) is 54.0. The van der Waals surface area contributed by atoms with E-state index in [0.717, 1.165) is 16.7 Å². The number of thioether (sulfide) groups is 1. The van der Waals surface area contributed by atoms with Crippen molar-refractivity contribution in [1.29, 1.82) is 0 Å². The SMILES string of the molecule is CN1C(=O)CC(Sc2ncccc2C(=O)OCC(=O)c2ccc3c(c2)OCO3)C1=O. The number of hydrogen-bond donors (Lipinski definition) is 0. The van der Waals surface area contributed by atoms with Crippen molar-refractivity contribution in [2.75, 3.05) is 20.4 Å². The zero-order valence-electron chi connectivity index (χ0n) is 15.8. The monoisotopic (exact) mass is 428 g/mol. The number of hydrogen-bond acceptors (Lipinski definition) is 9. The number of rotatable bonds is 6. The van der Waals surface area contributed by atoms with Crippen LogP contribution in [0.1, 0.15) is 27.1 Å². The van der Waals surface area contributed by atoms with Crippen LogP contribution in [0.15, 0.2) is 41.6 Å². The Labute approximate surface area is 175 Å². The van der Waals surface area contributed by atoms with Crippen molar-refractivity contribution < 1.29 is 33.4 Å². The average molecular weight is 428 g/mol. The number of fused-ring (bicyclic) bond motifs is 1. The summed E-state index contributed by atoms with van der Waals surface area (Å²) >= 11 is 1.03. The number of amides is 2. The lowest BCUT2D eigenvalue weighted by molar-refractivity contribution is -0.136. The van der Waals surface area contributed by atoms with E-state index in [9.17, 15) is 19.2 Å². The summed E-state index contributed by atoms with van der Waals surface area (Å²) in [5.41, 5.74) is 0.446. The lowest BCUT2D eigenvalue weighted by Gasteiger charge is -2.11. The molecule has 0 aliphatic carbocycles. The minimum atomic E-state index is -0.746. The molecule has 3 heterocycles. The van der Waals surface area contributed by atoms with Crippen LogP contribution in [0.2, 0.25) is 0 Å². The zero-order valence-corrected chi connectivity index (χ0v) is 16.6. The third-order valence-electron chi connectivity index (χ3n) is 4.61. The standard InChI is InChI=1S/C20H16N2O7S/c1-22-17(24)8-16(19(22)25)30-18-12(3-2-6-21-18)20(26)27-9-13(23)11-4-5-14-15(7-11)29-10-28-14/h2-7,16H,8-10H2,1H3. The molecule has 1 aromatic heterocycles. The smallest absolute Gasteiger partial charge is 0.341 e. The quantitative estimate of drug-likeness (QED) is 0.385. The maximum absolute atomic E-state index is 12.5. The number of nitrogens with zero attached hydrogens (tertiary/aromatic N) is 2. The second-order valence-electron chi connectivity index (χ2n) is 6.53. The van der Waals surface area contributed by atoms with Crippen LogP contribution in [0.5, 0.6) is 11.5 Å². The molecule has 9 nitrogen and oxygen atoms in total. The van der Waals surface area contributed by atoms with Crippen molar-refractivity contribution in [2.45, 2.75) is 16.7 Å². The fourth-order valence-electron chi connectivity index (χ4n) is 2.95. The van der Waals surface area contributed by atoms with Gasteiger partial charge in [-0.3, -0.25) is 19.3 Å². The molecule has 1 fully saturated rings. The highest BCUT2D eigenvalue weighted by Gasteiger charge is 2.37. The molecular weight excluding hydrogens is 412 g/mol. The molecule has 1 atom stereocenters. The van der Waals surface area contributed by atoms with Crippen molar-refractivity contribution in [2.24, 2.45) is 0 Å². The van der Waals surface area contributed by atoms with Crippen LogP contribution in [-0.2, 0) is 14.3 Å². The van der Waals surface area contributed by atoms with Crippen molar-refractivity contribution >= 4 is 35.3 Å². The number of ether oxygens (including phenoxy) is 3. The number of imide groups is 1. The van der Waals surface area contributed by atoms with E-state index >= 15 is 0 Å². The topological polar surface area (TPSA) is 112 Å². The summed E-state index contributed by atoms with van der Waals surface area (Å²) in [6, 6.07) is 7.75. The Bertz CT molecular complexity index is 1060. The van der Waals surface area contributed by atoms with Crippen LogP contribution in [-0.4, -0.2) is 59.1 Å². The molecule has 1 aromatic carbocycles. The second kappa shape index (κ2) is 8.15. The number of ketones is 1. The van der Waals surface area contributed by atoms with Gasteiger partial charge in [0.15, 0.2) is 23.9 Å². The van der Waals surface area contributed by atoms with Crippen LogP contribution < -0.4 is 9.47 Å². The normalized spacial score (nSPS) is 17.4. The zero-order chi connectivity index (χ0) is 21.3. The van der Waals surface area contributed by atoms with Gasteiger partial charge in [0.05, 0.1) is 10.8 Å². The number of likely N-dealkylation sites (tertiary alicyclic amines) is 1. The molecule has 154 valence electrons. The number of carbonyl (C=O) groups excluding carboxylic acids is 4. The number of carbonyl (C=O) groups is 4. The molecule has 1 unspecified atom stereocenters. The fourth-order valence-corrected chi connectivity index (χ4v) is 4.11. The van der Waals surface area contributed by atoms with Gasteiger partial charge in [0.25, 0.3) is 0 Å². The molecule has 0 N–H and O–H groups in total. The van der Waals surface area contributed by atoms with E-state index < -0.39 is 23.6 Å². The van der Waals surface area contributed by atoms with Crippen molar-refractivity contribution in [3.63, 3.8) is 0 Å². The Balaban J connectivity index is 1.42. The number of esters is 1. The molecule has 0 saturated carbocycles. The van der Waals surface area contributed by atoms with Crippen LogP contribution >= 0.6 is 11.8 Å². The summed E-state index contributed by atoms with van der Waals surface area (Å²) < 4.78 is 15.6. The van der Waals surface area contributed by atoms with Gasteiger partial charge in [0.2, 0.25) is 18.6 Å². The summed E-state index contributed by atoms with van der Waals surface area (Å²) in [7, 11) is 1.42. The maximum atomic E-state index is 12.5. The third-order valence-corrected chi connectivity index (χ3v) is 5.82. The number of pyridine rings is 1. The highest BCUT2D eigenvalue weighted by atomic mass is 32.2. The summed E-state index contributed by atoms with van der Waals surface area (Å²) in [5, 5.41) is -0.390. The summed E-state index contributed by atoms with van der Waals surface area (Å²) in [6.07, 6.45) is 1.51. The largest absolute Gasteiger partial charge is 0.454 e. The van der Waals surface area contributed by atoms with Crippen molar-refractivity contribution in [3.05, 3.63) is 47.7 Å². The maximum Gasteiger partial charge on any atom is 0.341 e. The molecular formula is C20H16N2O7S. The lowest BCUT2D eigenvalue weighted by Crippen LogP contribution is -2.26. The van der Waals surface area contributed by atoms with Crippen LogP contribution in [0.4, 0.5) is 0 Å². The molecule has 0 radical (unpaired) electrons. The first-order valence-electron chi connectivity index (χ1n) is 8.96. The van der Waals surface area contributed by atoms with Gasteiger partial charge in [-0.1, -0.05) is 11.8 Å². The number of benzene rings is 1. The first-order valence-corrected chi connectivity index (χ1v) is 9.84. The fraction of sp³-hybridized carbons (Fsp3) is 0.250. The Hall–Kier alpha value is -3.40. The molecule has 2 aromatic rings. The highest BCUT2D eigenvalue weighted by molar-refractivity contribution is 8.00.